The lowest BCUT2D eigenvalue weighted by atomic mass is 10.0. The second kappa shape index (κ2) is 6.46. The molecular weight excluding hydrogens is 186 g/mol. The van der Waals surface area contributed by atoms with Crippen molar-refractivity contribution in [2.24, 2.45) is 0 Å². The molecule has 0 aliphatic rings. The first-order valence-corrected chi connectivity index (χ1v) is 5.77. The molecule has 0 aliphatic heterocycles. The van der Waals surface area contributed by atoms with Gasteiger partial charge in [0, 0.05) is 6.04 Å². The van der Waals surface area contributed by atoms with Crippen LogP contribution >= 0.6 is 0 Å². The Morgan fingerprint density at radius 3 is 2.27 bits per heavy atom. The van der Waals surface area contributed by atoms with Crippen molar-refractivity contribution in [1.29, 1.82) is 0 Å². The van der Waals surface area contributed by atoms with E-state index < -0.39 is 0 Å². The molecule has 0 saturated heterocycles. The molecule has 1 N–H and O–H groups in total. The van der Waals surface area contributed by atoms with Crippen molar-refractivity contribution in [3.63, 3.8) is 0 Å². The van der Waals surface area contributed by atoms with E-state index in [2.05, 4.69) is 31.3 Å². The van der Waals surface area contributed by atoms with E-state index in [1.807, 2.05) is 19.1 Å². The molecule has 15 heavy (non-hydrogen) atoms. The first-order chi connectivity index (χ1) is 7.31. The summed E-state index contributed by atoms with van der Waals surface area (Å²) >= 11 is 0. The lowest BCUT2D eigenvalue weighted by Gasteiger charge is -2.16. The molecule has 0 fully saturated rings. The largest absolute Gasteiger partial charge is 0.494 e. The van der Waals surface area contributed by atoms with E-state index in [0.717, 1.165) is 25.3 Å². The topological polar surface area (TPSA) is 21.3 Å². The molecule has 0 saturated carbocycles. The lowest BCUT2D eigenvalue weighted by molar-refractivity contribution is 0.340. The molecule has 2 heteroatoms. The first-order valence-electron chi connectivity index (χ1n) is 5.77. The Balaban J connectivity index is 2.68. The van der Waals surface area contributed by atoms with Crippen molar-refractivity contribution in [1.82, 2.24) is 5.32 Å². The van der Waals surface area contributed by atoms with Crippen molar-refractivity contribution in [3.8, 4) is 5.75 Å². The molecule has 0 radical (unpaired) electrons. The van der Waals surface area contributed by atoms with E-state index in [9.17, 15) is 0 Å². The quantitative estimate of drug-likeness (QED) is 0.773. The zero-order valence-corrected chi connectivity index (χ0v) is 9.92. The zero-order chi connectivity index (χ0) is 11.1. The van der Waals surface area contributed by atoms with E-state index in [0.29, 0.717) is 6.04 Å². The molecule has 84 valence electrons. The van der Waals surface area contributed by atoms with Gasteiger partial charge in [-0.25, -0.2) is 0 Å². The van der Waals surface area contributed by atoms with E-state index >= 15 is 0 Å². The molecule has 0 heterocycles. The fourth-order valence-corrected chi connectivity index (χ4v) is 1.71. The third kappa shape index (κ3) is 3.56. The van der Waals surface area contributed by atoms with Crippen LogP contribution in [0.2, 0.25) is 0 Å². The Kier molecular flexibility index (Phi) is 5.19. The molecule has 0 amide bonds. The van der Waals surface area contributed by atoms with Gasteiger partial charge in [-0.05, 0) is 37.6 Å². The fourth-order valence-electron chi connectivity index (χ4n) is 1.71. The summed E-state index contributed by atoms with van der Waals surface area (Å²) < 4.78 is 5.41. The summed E-state index contributed by atoms with van der Waals surface area (Å²) in [5.41, 5.74) is 1.34. The van der Waals surface area contributed by atoms with Gasteiger partial charge in [0.25, 0.3) is 0 Å². The van der Waals surface area contributed by atoms with Crippen LogP contribution in [-0.4, -0.2) is 13.2 Å². The molecule has 1 rings (SSSR count). The zero-order valence-electron chi connectivity index (χ0n) is 9.92. The maximum absolute atomic E-state index is 5.41. The first kappa shape index (κ1) is 12.1. The summed E-state index contributed by atoms with van der Waals surface area (Å²) in [5.74, 6) is 0.951. The standard InChI is InChI=1S/C13H21NO/c1-4-13(14-5-2)11-7-9-12(10-8-11)15-6-3/h7-10,13-14H,4-6H2,1-3H3. The second-order valence-electron chi connectivity index (χ2n) is 3.52. The number of rotatable bonds is 6. The summed E-state index contributed by atoms with van der Waals surface area (Å²) in [4.78, 5) is 0. The van der Waals surface area contributed by atoms with Gasteiger partial charge in [-0.3, -0.25) is 0 Å². The van der Waals surface area contributed by atoms with Crippen LogP contribution in [0.1, 0.15) is 38.8 Å². The molecule has 1 aromatic carbocycles. The van der Waals surface area contributed by atoms with Crippen LogP contribution in [0, 0.1) is 0 Å². The van der Waals surface area contributed by atoms with Crippen LogP contribution in [0.25, 0.3) is 0 Å². The van der Waals surface area contributed by atoms with Crippen molar-refractivity contribution < 1.29 is 4.74 Å². The second-order valence-corrected chi connectivity index (χ2v) is 3.52. The summed E-state index contributed by atoms with van der Waals surface area (Å²) in [6.07, 6.45) is 1.11. The van der Waals surface area contributed by atoms with Crippen LogP contribution in [0.5, 0.6) is 5.75 Å². The van der Waals surface area contributed by atoms with Gasteiger partial charge in [0.15, 0.2) is 0 Å². The predicted octanol–water partition coefficient (Wildman–Crippen LogP) is 3.15. The van der Waals surface area contributed by atoms with Gasteiger partial charge in [-0.2, -0.15) is 0 Å². The van der Waals surface area contributed by atoms with Crippen molar-refractivity contribution in [2.45, 2.75) is 33.2 Å². The Hall–Kier alpha value is -1.02. The van der Waals surface area contributed by atoms with Gasteiger partial charge >= 0.3 is 0 Å². The van der Waals surface area contributed by atoms with Crippen LogP contribution in [0.3, 0.4) is 0 Å². The van der Waals surface area contributed by atoms with E-state index in [-0.39, 0.29) is 0 Å². The van der Waals surface area contributed by atoms with Gasteiger partial charge in [0.05, 0.1) is 6.61 Å². The molecule has 0 aliphatic carbocycles. The van der Waals surface area contributed by atoms with Crippen molar-refractivity contribution in [2.75, 3.05) is 13.2 Å². The number of hydrogen-bond donors (Lipinski definition) is 1. The van der Waals surface area contributed by atoms with Gasteiger partial charge in [0.1, 0.15) is 5.75 Å². The summed E-state index contributed by atoms with van der Waals surface area (Å²) in [5, 5.41) is 3.46. The molecule has 1 unspecified atom stereocenters. The Bertz CT molecular complexity index is 268. The van der Waals surface area contributed by atoms with Gasteiger partial charge < -0.3 is 10.1 Å². The smallest absolute Gasteiger partial charge is 0.119 e. The minimum atomic E-state index is 0.464. The van der Waals surface area contributed by atoms with Gasteiger partial charge in [-0.1, -0.05) is 26.0 Å². The van der Waals surface area contributed by atoms with Gasteiger partial charge in [0.2, 0.25) is 0 Å². The van der Waals surface area contributed by atoms with E-state index in [1.165, 1.54) is 5.56 Å². The van der Waals surface area contributed by atoms with E-state index in [4.69, 9.17) is 4.74 Å². The molecule has 0 spiro atoms. The van der Waals surface area contributed by atoms with Crippen molar-refractivity contribution in [3.05, 3.63) is 29.8 Å². The highest BCUT2D eigenvalue weighted by atomic mass is 16.5. The number of hydrogen-bond acceptors (Lipinski definition) is 2. The Morgan fingerprint density at radius 2 is 1.80 bits per heavy atom. The SMILES string of the molecule is CCNC(CC)c1ccc(OCC)cc1. The lowest BCUT2D eigenvalue weighted by Crippen LogP contribution is -2.19. The highest BCUT2D eigenvalue weighted by Gasteiger charge is 2.06. The van der Waals surface area contributed by atoms with Crippen LogP contribution in [0.4, 0.5) is 0 Å². The fraction of sp³-hybridized carbons (Fsp3) is 0.538. The summed E-state index contributed by atoms with van der Waals surface area (Å²) in [6.45, 7) is 8.07. The van der Waals surface area contributed by atoms with Crippen LogP contribution in [0.15, 0.2) is 24.3 Å². The molecule has 0 bridgehead atoms. The average Bonchev–Trinajstić information content (AvgIpc) is 2.28. The highest BCUT2D eigenvalue weighted by molar-refractivity contribution is 5.29. The van der Waals surface area contributed by atoms with Crippen molar-refractivity contribution >= 4 is 0 Å². The minimum absolute atomic E-state index is 0.464. The molecular formula is C13H21NO. The monoisotopic (exact) mass is 207 g/mol. The summed E-state index contributed by atoms with van der Waals surface area (Å²) in [7, 11) is 0. The number of ether oxygens (including phenoxy) is 1. The van der Waals surface area contributed by atoms with Crippen LogP contribution in [-0.2, 0) is 0 Å². The third-order valence-corrected chi connectivity index (χ3v) is 2.45. The van der Waals surface area contributed by atoms with Gasteiger partial charge in [-0.15, -0.1) is 0 Å². The number of nitrogens with one attached hydrogen (secondary N) is 1. The normalized spacial score (nSPS) is 12.5. The molecule has 0 aromatic heterocycles. The highest BCUT2D eigenvalue weighted by Crippen LogP contribution is 2.19. The average molecular weight is 207 g/mol. The minimum Gasteiger partial charge on any atom is -0.494 e. The predicted molar refractivity (Wildman–Crippen MR) is 64.3 cm³/mol. The molecule has 2 nitrogen and oxygen atoms in total. The van der Waals surface area contributed by atoms with Crippen LogP contribution < -0.4 is 10.1 Å². The third-order valence-electron chi connectivity index (χ3n) is 2.45. The maximum atomic E-state index is 5.41. The summed E-state index contributed by atoms with van der Waals surface area (Å²) in [6, 6.07) is 8.83. The Morgan fingerprint density at radius 1 is 1.13 bits per heavy atom. The maximum Gasteiger partial charge on any atom is 0.119 e. The molecule has 1 atom stereocenters. The van der Waals surface area contributed by atoms with E-state index in [1.54, 1.807) is 0 Å². The Labute approximate surface area is 92.6 Å². The number of benzene rings is 1. The molecule has 1 aromatic rings.